The molecule has 2 aromatic heterocycles. The first-order chi connectivity index (χ1) is 11.3. The predicted molar refractivity (Wildman–Crippen MR) is 96.2 cm³/mol. The maximum Gasteiger partial charge on any atom is 0.225 e. The van der Waals surface area contributed by atoms with Crippen LogP contribution in [0.1, 0.15) is 37.6 Å². The van der Waals surface area contributed by atoms with Crippen LogP contribution >= 0.6 is 0 Å². The Morgan fingerprint density at radius 2 is 1.75 bits per heavy atom. The van der Waals surface area contributed by atoms with E-state index in [1.807, 2.05) is 24.0 Å². The van der Waals surface area contributed by atoms with Crippen LogP contribution in [-0.4, -0.2) is 50.8 Å². The number of anilines is 1. The number of hydrogen-bond acceptors (Lipinski definition) is 5. The van der Waals surface area contributed by atoms with E-state index in [1.54, 1.807) is 0 Å². The molecule has 1 aliphatic heterocycles. The molecular formula is C18H28N6. The molecule has 0 N–H and O–H groups in total. The van der Waals surface area contributed by atoms with Crippen molar-refractivity contribution in [2.45, 2.75) is 46.7 Å². The lowest BCUT2D eigenvalue weighted by Crippen LogP contribution is -2.46. The number of aromatic nitrogens is 4. The lowest BCUT2D eigenvalue weighted by Gasteiger charge is -2.34. The van der Waals surface area contributed by atoms with Crippen LogP contribution in [0, 0.1) is 13.8 Å². The summed E-state index contributed by atoms with van der Waals surface area (Å²) in [5.74, 6) is 0.860. The Bertz CT molecular complexity index is 692. The van der Waals surface area contributed by atoms with Crippen molar-refractivity contribution in [1.82, 2.24) is 24.6 Å². The summed E-state index contributed by atoms with van der Waals surface area (Å²) in [6.07, 6.45) is 6.08. The van der Waals surface area contributed by atoms with Crippen molar-refractivity contribution in [2.75, 3.05) is 31.1 Å². The monoisotopic (exact) mass is 328 g/mol. The third-order valence-electron chi connectivity index (χ3n) is 4.60. The molecule has 3 heterocycles. The van der Waals surface area contributed by atoms with Gasteiger partial charge in [-0.25, -0.2) is 9.97 Å². The zero-order chi connectivity index (χ0) is 17.3. The van der Waals surface area contributed by atoms with Crippen molar-refractivity contribution in [3.63, 3.8) is 0 Å². The smallest absolute Gasteiger partial charge is 0.225 e. The highest BCUT2D eigenvalue weighted by Gasteiger charge is 2.20. The molecular weight excluding hydrogens is 300 g/mol. The fraction of sp³-hybridized carbons (Fsp3) is 0.611. The van der Waals surface area contributed by atoms with Crippen LogP contribution in [0.15, 0.2) is 18.6 Å². The van der Waals surface area contributed by atoms with E-state index >= 15 is 0 Å². The molecule has 2 aromatic rings. The Kier molecular flexibility index (Phi) is 4.58. The van der Waals surface area contributed by atoms with Gasteiger partial charge in [0.1, 0.15) is 0 Å². The zero-order valence-electron chi connectivity index (χ0n) is 15.5. The first kappa shape index (κ1) is 16.9. The number of aryl methyl sites for hydroxylation is 2. The Morgan fingerprint density at radius 3 is 2.33 bits per heavy atom. The van der Waals surface area contributed by atoms with Crippen LogP contribution in [-0.2, 0) is 12.1 Å². The van der Waals surface area contributed by atoms with Gasteiger partial charge in [-0.1, -0.05) is 0 Å². The van der Waals surface area contributed by atoms with E-state index in [0.717, 1.165) is 49.9 Å². The quantitative estimate of drug-likeness (QED) is 0.866. The van der Waals surface area contributed by atoms with Crippen molar-refractivity contribution < 1.29 is 0 Å². The van der Waals surface area contributed by atoms with E-state index < -0.39 is 0 Å². The van der Waals surface area contributed by atoms with Gasteiger partial charge < -0.3 is 4.90 Å². The molecule has 1 fully saturated rings. The summed E-state index contributed by atoms with van der Waals surface area (Å²) in [5.41, 5.74) is 3.53. The first-order valence-corrected chi connectivity index (χ1v) is 8.64. The fourth-order valence-electron chi connectivity index (χ4n) is 2.84. The molecule has 0 spiro atoms. The van der Waals surface area contributed by atoms with Gasteiger partial charge in [-0.15, -0.1) is 0 Å². The maximum atomic E-state index is 4.62. The molecule has 0 aliphatic carbocycles. The van der Waals surface area contributed by atoms with E-state index in [9.17, 15) is 0 Å². The molecule has 1 aliphatic rings. The summed E-state index contributed by atoms with van der Waals surface area (Å²) in [6.45, 7) is 15.6. The van der Waals surface area contributed by atoms with E-state index in [4.69, 9.17) is 0 Å². The van der Waals surface area contributed by atoms with Gasteiger partial charge in [0.2, 0.25) is 5.95 Å². The molecule has 0 amide bonds. The first-order valence-electron chi connectivity index (χ1n) is 8.64. The predicted octanol–water partition coefficient (Wildman–Crippen LogP) is 2.37. The molecule has 6 heteroatoms. The third-order valence-corrected chi connectivity index (χ3v) is 4.60. The van der Waals surface area contributed by atoms with E-state index in [2.05, 4.69) is 58.8 Å². The third kappa shape index (κ3) is 3.75. The van der Waals surface area contributed by atoms with Gasteiger partial charge in [-0.05, 0) is 40.2 Å². The summed E-state index contributed by atoms with van der Waals surface area (Å²) in [5, 5.41) is 4.49. The van der Waals surface area contributed by atoms with Crippen LogP contribution < -0.4 is 4.90 Å². The molecule has 0 radical (unpaired) electrons. The van der Waals surface area contributed by atoms with Crippen LogP contribution in [0.5, 0.6) is 0 Å². The average molecular weight is 328 g/mol. The maximum absolute atomic E-state index is 4.62. The zero-order valence-corrected chi connectivity index (χ0v) is 15.5. The molecule has 3 rings (SSSR count). The Morgan fingerprint density at radius 1 is 1.04 bits per heavy atom. The molecule has 130 valence electrons. The van der Waals surface area contributed by atoms with Gasteiger partial charge in [0.25, 0.3) is 0 Å². The second kappa shape index (κ2) is 6.51. The van der Waals surface area contributed by atoms with Crippen LogP contribution in [0.2, 0.25) is 0 Å². The molecule has 0 bridgehead atoms. The fourth-order valence-corrected chi connectivity index (χ4v) is 2.84. The van der Waals surface area contributed by atoms with Gasteiger partial charge in [0, 0.05) is 56.4 Å². The summed E-state index contributed by atoms with van der Waals surface area (Å²) in [6, 6.07) is 0. The molecule has 1 saturated heterocycles. The molecule has 0 atom stereocenters. The summed E-state index contributed by atoms with van der Waals surface area (Å²) in [7, 11) is 0. The summed E-state index contributed by atoms with van der Waals surface area (Å²) >= 11 is 0. The van der Waals surface area contributed by atoms with Crippen LogP contribution in [0.4, 0.5) is 5.95 Å². The van der Waals surface area contributed by atoms with E-state index in [1.165, 1.54) is 5.56 Å². The number of piperazine rings is 1. The van der Waals surface area contributed by atoms with E-state index in [0.29, 0.717) is 0 Å². The van der Waals surface area contributed by atoms with Gasteiger partial charge in [0.15, 0.2) is 0 Å². The van der Waals surface area contributed by atoms with Crippen molar-refractivity contribution in [2.24, 2.45) is 0 Å². The van der Waals surface area contributed by atoms with Gasteiger partial charge in [-0.2, -0.15) is 5.10 Å². The van der Waals surface area contributed by atoms with Crippen molar-refractivity contribution in [3.05, 3.63) is 35.4 Å². The van der Waals surface area contributed by atoms with Crippen LogP contribution in [0.3, 0.4) is 0 Å². The standard InChI is InChI=1S/C18H28N6/c1-14-10-19-17(21-15(14)2)23-8-6-22(7-9-23)12-16-11-20-24(13-16)18(3,4)5/h10-11,13H,6-9,12H2,1-5H3. The highest BCUT2D eigenvalue weighted by atomic mass is 15.3. The second-order valence-electron chi connectivity index (χ2n) is 7.67. The Labute approximate surface area is 144 Å². The number of rotatable bonds is 3. The highest BCUT2D eigenvalue weighted by molar-refractivity contribution is 5.33. The Hall–Kier alpha value is -1.95. The van der Waals surface area contributed by atoms with Gasteiger partial charge >= 0.3 is 0 Å². The van der Waals surface area contributed by atoms with Crippen molar-refractivity contribution >= 4 is 5.95 Å². The minimum Gasteiger partial charge on any atom is -0.338 e. The van der Waals surface area contributed by atoms with Crippen molar-refractivity contribution in [1.29, 1.82) is 0 Å². The van der Waals surface area contributed by atoms with Crippen molar-refractivity contribution in [3.8, 4) is 0 Å². The van der Waals surface area contributed by atoms with Gasteiger partial charge in [0.05, 0.1) is 11.7 Å². The number of nitrogens with zero attached hydrogens (tertiary/aromatic N) is 6. The minimum atomic E-state index is 0.0393. The lowest BCUT2D eigenvalue weighted by atomic mass is 10.1. The lowest BCUT2D eigenvalue weighted by molar-refractivity contribution is 0.248. The summed E-state index contributed by atoms with van der Waals surface area (Å²) < 4.78 is 2.04. The normalized spacial score (nSPS) is 16.6. The molecule has 24 heavy (non-hydrogen) atoms. The topological polar surface area (TPSA) is 50.1 Å². The second-order valence-corrected chi connectivity index (χ2v) is 7.67. The largest absolute Gasteiger partial charge is 0.338 e. The molecule has 6 nitrogen and oxygen atoms in total. The highest BCUT2D eigenvalue weighted by Crippen LogP contribution is 2.17. The van der Waals surface area contributed by atoms with Crippen LogP contribution in [0.25, 0.3) is 0 Å². The van der Waals surface area contributed by atoms with Gasteiger partial charge in [-0.3, -0.25) is 9.58 Å². The summed E-state index contributed by atoms with van der Waals surface area (Å²) in [4.78, 5) is 13.9. The Balaban J connectivity index is 1.57. The molecule has 0 saturated carbocycles. The average Bonchev–Trinajstić information content (AvgIpc) is 3.00. The SMILES string of the molecule is Cc1cnc(N2CCN(Cc3cnn(C(C)(C)C)c3)CC2)nc1C. The molecule has 0 aromatic carbocycles. The minimum absolute atomic E-state index is 0.0393. The van der Waals surface area contributed by atoms with E-state index in [-0.39, 0.29) is 5.54 Å². The number of hydrogen-bond donors (Lipinski definition) is 0. The molecule has 0 unspecified atom stereocenters.